The van der Waals surface area contributed by atoms with Crippen LogP contribution in [-0.4, -0.2) is 28.2 Å². The van der Waals surface area contributed by atoms with Crippen molar-refractivity contribution < 1.29 is 9.47 Å². The summed E-state index contributed by atoms with van der Waals surface area (Å²) in [4.78, 5) is 12.7. The van der Waals surface area contributed by atoms with Crippen molar-refractivity contribution in [3.05, 3.63) is 119 Å². The first-order valence-corrected chi connectivity index (χ1v) is 14.8. The molecule has 3 aliphatic heterocycles. The van der Waals surface area contributed by atoms with Gasteiger partial charge in [0.2, 0.25) is 6.79 Å². The van der Waals surface area contributed by atoms with Crippen LogP contribution in [0.15, 0.2) is 107 Å². The van der Waals surface area contributed by atoms with Crippen molar-refractivity contribution in [1.29, 1.82) is 0 Å². The van der Waals surface area contributed by atoms with Gasteiger partial charge in [0, 0.05) is 17.3 Å². The summed E-state index contributed by atoms with van der Waals surface area (Å²) in [6.07, 6.45) is 0. The Morgan fingerprint density at radius 3 is 2.36 bits per heavy atom. The van der Waals surface area contributed by atoms with Crippen molar-refractivity contribution in [2.24, 2.45) is 9.98 Å². The van der Waals surface area contributed by atoms with Gasteiger partial charge in [-0.15, -0.1) is 0 Å². The first kappa shape index (κ1) is 26.3. The number of hydrogen-bond donors (Lipinski definition) is 1. The molecule has 0 bridgehead atoms. The predicted octanol–water partition coefficient (Wildman–Crippen LogP) is 8.00. The highest BCUT2D eigenvalue weighted by molar-refractivity contribution is 6.51. The number of nitrogens with zero attached hydrogens (tertiary/aromatic N) is 5. The highest BCUT2D eigenvalue weighted by Crippen LogP contribution is 2.48. The number of nitrogens with one attached hydrogen (secondary N) is 1. The van der Waals surface area contributed by atoms with Gasteiger partial charge in [0.25, 0.3) is 0 Å². The molecule has 5 aromatic rings. The molecule has 4 aromatic carbocycles. The fourth-order valence-electron chi connectivity index (χ4n) is 6.14. The van der Waals surface area contributed by atoms with Gasteiger partial charge in [0.1, 0.15) is 0 Å². The zero-order valence-electron chi connectivity index (χ0n) is 25.1. The van der Waals surface area contributed by atoms with Crippen LogP contribution in [0.1, 0.15) is 49.2 Å². The number of fused-ring (bicyclic) bond motifs is 5. The van der Waals surface area contributed by atoms with Crippen LogP contribution in [0.3, 0.4) is 0 Å². The van der Waals surface area contributed by atoms with Crippen molar-refractivity contribution >= 4 is 34.6 Å². The topological polar surface area (TPSA) is 76.3 Å². The van der Waals surface area contributed by atoms with E-state index in [0.29, 0.717) is 11.6 Å². The van der Waals surface area contributed by atoms with E-state index in [0.717, 1.165) is 57.0 Å². The molecular formula is C36H32N6O2. The third-order valence-electron chi connectivity index (χ3n) is 8.37. The first-order valence-electron chi connectivity index (χ1n) is 14.8. The second kappa shape index (κ2) is 9.84. The van der Waals surface area contributed by atoms with Gasteiger partial charge in [-0.05, 0) is 59.9 Å². The lowest BCUT2D eigenvalue weighted by Crippen LogP contribution is -2.46. The van der Waals surface area contributed by atoms with Crippen LogP contribution in [0.25, 0.3) is 5.69 Å². The van der Waals surface area contributed by atoms with Crippen molar-refractivity contribution in [1.82, 2.24) is 9.78 Å². The number of benzene rings is 4. The molecule has 0 saturated heterocycles. The molecule has 1 N–H and O–H groups in total. The number of para-hydroxylation sites is 3. The summed E-state index contributed by atoms with van der Waals surface area (Å²) in [5.74, 6) is 3.59. The summed E-state index contributed by atoms with van der Waals surface area (Å²) in [6.45, 7) is 9.01. The van der Waals surface area contributed by atoms with Crippen LogP contribution in [0.5, 0.6) is 11.5 Å². The van der Waals surface area contributed by atoms with Gasteiger partial charge in [-0.2, -0.15) is 5.10 Å². The third kappa shape index (κ3) is 4.25. The normalized spacial score (nSPS) is 16.5. The van der Waals surface area contributed by atoms with Crippen LogP contribution in [0, 0.1) is 6.92 Å². The molecule has 0 radical (unpaired) electrons. The number of aliphatic imine (C=N–C) groups is 2. The molecule has 0 spiro atoms. The number of rotatable bonds is 3. The molecule has 0 amide bonds. The van der Waals surface area contributed by atoms with Gasteiger partial charge in [-0.3, -0.25) is 0 Å². The molecule has 8 nitrogen and oxygen atoms in total. The number of hydrogen-bond acceptors (Lipinski definition) is 7. The van der Waals surface area contributed by atoms with E-state index in [9.17, 15) is 0 Å². The molecule has 1 aromatic heterocycles. The summed E-state index contributed by atoms with van der Waals surface area (Å²) in [5, 5.41) is 8.61. The van der Waals surface area contributed by atoms with Crippen LogP contribution < -0.4 is 19.7 Å². The molecular weight excluding hydrogens is 548 g/mol. The zero-order valence-corrected chi connectivity index (χ0v) is 25.1. The minimum Gasteiger partial charge on any atom is -0.454 e. The second-order valence-electron chi connectivity index (χ2n) is 12.3. The van der Waals surface area contributed by atoms with Gasteiger partial charge in [0.05, 0.1) is 28.8 Å². The molecule has 1 atom stereocenters. The molecule has 0 fully saturated rings. The minimum atomic E-state index is -0.186. The van der Waals surface area contributed by atoms with Crippen LogP contribution in [-0.2, 0) is 5.41 Å². The zero-order chi connectivity index (χ0) is 30.0. The van der Waals surface area contributed by atoms with Gasteiger partial charge in [-0.1, -0.05) is 75.4 Å². The standard InChI is InChI=1S/C36H32N6O2/c1-22-31-32(23-14-16-24(17-15-23)36(2,3)4)41-28-13-9-8-12-27(28)38-33(37-25-18-19-29-30(20-25)44-21-43-29)35(41)39-34(31)42(40-22)26-10-6-5-7-11-26/h5-20,32H,21H2,1-4H3,(H,37,38)/t32-/m0/s1. The summed E-state index contributed by atoms with van der Waals surface area (Å²) in [6, 6.07) is 33.0. The Kier molecular flexibility index (Phi) is 5.88. The van der Waals surface area contributed by atoms with Crippen LogP contribution in [0.2, 0.25) is 0 Å². The van der Waals surface area contributed by atoms with E-state index >= 15 is 0 Å². The third-order valence-corrected chi connectivity index (χ3v) is 8.37. The Balaban J connectivity index is 1.34. The monoisotopic (exact) mass is 580 g/mol. The first-order chi connectivity index (χ1) is 21.3. The average Bonchev–Trinajstić information content (AvgIpc) is 3.64. The number of ether oxygens (including phenoxy) is 2. The van der Waals surface area contributed by atoms with E-state index in [1.165, 1.54) is 5.56 Å². The van der Waals surface area contributed by atoms with Crippen LogP contribution >= 0.6 is 0 Å². The van der Waals surface area contributed by atoms with Gasteiger partial charge < -0.3 is 19.7 Å². The maximum atomic E-state index is 5.66. The van der Waals surface area contributed by atoms with Crippen molar-refractivity contribution in [2.75, 3.05) is 17.0 Å². The van der Waals surface area contributed by atoms with Crippen molar-refractivity contribution in [3.63, 3.8) is 0 Å². The Hall–Kier alpha value is -5.37. The Morgan fingerprint density at radius 2 is 1.57 bits per heavy atom. The predicted molar refractivity (Wildman–Crippen MR) is 175 cm³/mol. The molecule has 218 valence electrons. The molecule has 3 aliphatic rings. The molecule has 44 heavy (non-hydrogen) atoms. The lowest BCUT2D eigenvalue weighted by atomic mass is 9.85. The molecule has 8 heteroatoms. The second-order valence-corrected chi connectivity index (χ2v) is 12.3. The lowest BCUT2D eigenvalue weighted by molar-refractivity contribution is 0.174. The van der Waals surface area contributed by atoms with E-state index in [-0.39, 0.29) is 18.2 Å². The Morgan fingerprint density at radius 1 is 0.818 bits per heavy atom. The lowest BCUT2D eigenvalue weighted by Gasteiger charge is -2.40. The quantitative estimate of drug-likeness (QED) is 0.234. The smallest absolute Gasteiger partial charge is 0.231 e. The van der Waals surface area contributed by atoms with E-state index in [2.05, 4.69) is 86.4 Å². The molecule has 0 saturated carbocycles. The fraction of sp³-hybridized carbons (Fsp3) is 0.194. The number of amidine groups is 2. The highest BCUT2D eigenvalue weighted by Gasteiger charge is 2.41. The molecule has 4 heterocycles. The van der Waals surface area contributed by atoms with E-state index in [4.69, 9.17) is 24.6 Å². The highest BCUT2D eigenvalue weighted by atomic mass is 16.7. The average molecular weight is 581 g/mol. The molecule has 0 aliphatic carbocycles. The van der Waals surface area contributed by atoms with E-state index < -0.39 is 0 Å². The maximum Gasteiger partial charge on any atom is 0.231 e. The number of aryl methyl sites for hydroxylation is 1. The molecule has 8 rings (SSSR count). The van der Waals surface area contributed by atoms with E-state index in [1.54, 1.807) is 0 Å². The van der Waals surface area contributed by atoms with Crippen molar-refractivity contribution in [3.8, 4) is 17.2 Å². The largest absolute Gasteiger partial charge is 0.454 e. The Bertz CT molecular complexity index is 1970. The summed E-state index contributed by atoms with van der Waals surface area (Å²) >= 11 is 0. The number of aromatic nitrogens is 2. The van der Waals surface area contributed by atoms with E-state index in [1.807, 2.05) is 53.2 Å². The summed E-state index contributed by atoms with van der Waals surface area (Å²) in [5.41, 5.74) is 8.13. The fourth-order valence-corrected chi connectivity index (χ4v) is 6.14. The summed E-state index contributed by atoms with van der Waals surface area (Å²) < 4.78 is 13.2. The van der Waals surface area contributed by atoms with Gasteiger partial charge >= 0.3 is 0 Å². The molecule has 0 unspecified atom stereocenters. The SMILES string of the molecule is Cc1nn(-c2ccccc2)c2c1[C@H](c1ccc(C(C)(C)C)cc1)N1C(=N2)C(Nc2ccc3c(c2)OCO3)=Nc2ccccc21. The van der Waals surface area contributed by atoms with Gasteiger partial charge in [0.15, 0.2) is 29.0 Å². The van der Waals surface area contributed by atoms with Gasteiger partial charge in [-0.25, -0.2) is 14.7 Å². The minimum absolute atomic E-state index is 0.0447. The maximum absolute atomic E-state index is 5.66. The van der Waals surface area contributed by atoms with Crippen LogP contribution in [0.4, 0.5) is 22.9 Å². The Labute approximate surface area is 256 Å². The summed E-state index contributed by atoms with van der Waals surface area (Å²) in [7, 11) is 0. The number of anilines is 2. The van der Waals surface area contributed by atoms with Crippen molar-refractivity contribution in [2.45, 2.75) is 39.2 Å².